The number of hydrogen-bond donors (Lipinski definition) is 1. The minimum Gasteiger partial charge on any atom is -0.356 e. The van der Waals surface area contributed by atoms with Crippen LogP contribution in [0, 0.1) is 24.0 Å². The van der Waals surface area contributed by atoms with Crippen LogP contribution >= 0.6 is 11.6 Å². The molecule has 0 bridgehead atoms. The average molecular weight is 360 g/mol. The number of nitrogens with zero attached hydrogens (tertiary/aromatic N) is 2. The van der Waals surface area contributed by atoms with Crippen molar-refractivity contribution in [1.29, 1.82) is 0 Å². The SMILES string of the molecule is Cc1cc(C)c2onc(CC(=O)Nc3ccc(Cl)cc3[N+](=O)[O-])c2c1. The summed E-state index contributed by atoms with van der Waals surface area (Å²) in [5.74, 6) is -0.431. The molecule has 0 aliphatic carbocycles. The molecule has 0 unspecified atom stereocenters. The molecule has 0 spiro atoms. The van der Waals surface area contributed by atoms with Gasteiger partial charge >= 0.3 is 0 Å². The van der Waals surface area contributed by atoms with Crippen LogP contribution in [-0.4, -0.2) is 16.0 Å². The van der Waals surface area contributed by atoms with E-state index >= 15 is 0 Å². The van der Waals surface area contributed by atoms with Gasteiger partial charge in [-0.25, -0.2) is 0 Å². The maximum atomic E-state index is 12.3. The van der Waals surface area contributed by atoms with E-state index in [0.717, 1.165) is 16.5 Å². The number of aryl methyl sites for hydroxylation is 2. The van der Waals surface area contributed by atoms with Crippen LogP contribution in [0.5, 0.6) is 0 Å². The molecule has 1 aromatic heterocycles. The molecular formula is C17H14ClN3O4. The quantitative estimate of drug-likeness (QED) is 0.556. The third-order valence-electron chi connectivity index (χ3n) is 3.74. The van der Waals surface area contributed by atoms with Gasteiger partial charge in [-0.3, -0.25) is 14.9 Å². The van der Waals surface area contributed by atoms with Gasteiger partial charge in [-0.15, -0.1) is 0 Å². The second-order valence-corrected chi connectivity index (χ2v) is 6.17. The Bertz CT molecular complexity index is 997. The van der Waals surface area contributed by atoms with Crippen molar-refractivity contribution in [2.75, 3.05) is 5.32 Å². The highest BCUT2D eigenvalue weighted by Gasteiger charge is 2.19. The predicted molar refractivity (Wildman–Crippen MR) is 93.9 cm³/mol. The second-order valence-electron chi connectivity index (χ2n) is 5.73. The summed E-state index contributed by atoms with van der Waals surface area (Å²) < 4.78 is 5.31. The molecule has 128 valence electrons. The number of nitrogens with one attached hydrogen (secondary N) is 1. The monoisotopic (exact) mass is 359 g/mol. The molecule has 7 nitrogen and oxygen atoms in total. The summed E-state index contributed by atoms with van der Waals surface area (Å²) in [6, 6.07) is 7.92. The van der Waals surface area contributed by atoms with Crippen LogP contribution in [-0.2, 0) is 11.2 Å². The Morgan fingerprint density at radius 1 is 1.32 bits per heavy atom. The molecule has 3 rings (SSSR count). The molecule has 8 heteroatoms. The second kappa shape index (κ2) is 6.52. The van der Waals surface area contributed by atoms with Crippen molar-refractivity contribution < 1.29 is 14.2 Å². The zero-order chi connectivity index (χ0) is 18.1. The third-order valence-corrected chi connectivity index (χ3v) is 3.97. The van der Waals surface area contributed by atoms with Crippen LogP contribution in [0.4, 0.5) is 11.4 Å². The highest BCUT2D eigenvalue weighted by atomic mass is 35.5. The van der Waals surface area contributed by atoms with E-state index < -0.39 is 10.8 Å². The molecule has 1 N–H and O–H groups in total. The van der Waals surface area contributed by atoms with Crippen molar-refractivity contribution in [3.05, 3.63) is 62.3 Å². The van der Waals surface area contributed by atoms with Crippen molar-refractivity contribution in [3.8, 4) is 0 Å². The molecule has 3 aromatic rings. The van der Waals surface area contributed by atoms with Gasteiger partial charge in [0.05, 0.1) is 11.3 Å². The van der Waals surface area contributed by atoms with Gasteiger partial charge in [0, 0.05) is 16.5 Å². The Labute approximate surface area is 147 Å². The number of anilines is 1. The number of hydrogen-bond acceptors (Lipinski definition) is 5. The van der Waals surface area contributed by atoms with Crippen molar-refractivity contribution >= 4 is 39.9 Å². The highest BCUT2D eigenvalue weighted by molar-refractivity contribution is 6.31. The number of fused-ring (bicyclic) bond motifs is 1. The first-order valence-electron chi connectivity index (χ1n) is 7.44. The molecule has 0 saturated carbocycles. The lowest BCUT2D eigenvalue weighted by atomic mass is 10.1. The summed E-state index contributed by atoms with van der Waals surface area (Å²) in [6.07, 6.45) is -0.0598. The number of nitro benzene ring substituents is 1. The fourth-order valence-electron chi connectivity index (χ4n) is 2.68. The fraction of sp³-hybridized carbons (Fsp3) is 0.176. The smallest absolute Gasteiger partial charge is 0.294 e. The maximum absolute atomic E-state index is 12.3. The van der Waals surface area contributed by atoms with E-state index in [4.69, 9.17) is 16.1 Å². The number of nitro groups is 1. The van der Waals surface area contributed by atoms with Gasteiger partial charge in [0.15, 0.2) is 5.58 Å². The van der Waals surface area contributed by atoms with Gasteiger partial charge < -0.3 is 9.84 Å². The molecule has 1 heterocycles. The number of amides is 1. The number of halogens is 1. The third kappa shape index (κ3) is 3.46. The van der Waals surface area contributed by atoms with E-state index in [1.165, 1.54) is 18.2 Å². The van der Waals surface area contributed by atoms with Crippen LogP contribution in [0.15, 0.2) is 34.9 Å². The Balaban J connectivity index is 1.86. The molecule has 2 aromatic carbocycles. The Morgan fingerprint density at radius 3 is 2.80 bits per heavy atom. The molecule has 1 amide bonds. The molecule has 0 fully saturated rings. The molecule has 0 aliphatic heterocycles. The molecule has 0 radical (unpaired) electrons. The molecule has 0 atom stereocenters. The lowest BCUT2D eigenvalue weighted by Crippen LogP contribution is -2.15. The van der Waals surface area contributed by atoms with E-state index in [1.54, 1.807) is 0 Å². The summed E-state index contributed by atoms with van der Waals surface area (Å²) in [7, 11) is 0. The zero-order valence-electron chi connectivity index (χ0n) is 13.5. The lowest BCUT2D eigenvalue weighted by Gasteiger charge is -2.05. The van der Waals surface area contributed by atoms with Gasteiger partial charge in [-0.1, -0.05) is 22.8 Å². The Morgan fingerprint density at radius 2 is 2.08 bits per heavy atom. The summed E-state index contributed by atoms with van der Waals surface area (Å²) in [5, 5.41) is 18.6. The molecule has 25 heavy (non-hydrogen) atoms. The van der Waals surface area contributed by atoms with Crippen LogP contribution in [0.25, 0.3) is 11.0 Å². The van der Waals surface area contributed by atoms with E-state index in [2.05, 4.69) is 10.5 Å². The Hall–Kier alpha value is -2.93. The first kappa shape index (κ1) is 16.9. The van der Waals surface area contributed by atoms with E-state index in [-0.39, 0.29) is 22.8 Å². The highest BCUT2D eigenvalue weighted by Crippen LogP contribution is 2.28. The lowest BCUT2D eigenvalue weighted by molar-refractivity contribution is -0.383. The zero-order valence-corrected chi connectivity index (χ0v) is 14.3. The normalized spacial score (nSPS) is 10.8. The number of benzene rings is 2. The summed E-state index contributed by atoms with van der Waals surface area (Å²) in [5.41, 5.74) is 2.89. The van der Waals surface area contributed by atoms with Gasteiger partial charge in [0.1, 0.15) is 11.4 Å². The van der Waals surface area contributed by atoms with Gasteiger partial charge in [0.2, 0.25) is 5.91 Å². The minimum absolute atomic E-state index is 0.0598. The molecule has 0 saturated heterocycles. The minimum atomic E-state index is -0.598. The topological polar surface area (TPSA) is 98.3 Å². The van der Waals surface area contributed by atoms with Gasteiger partial charge in [-0.05, 0) is 43.2 Å². The van der Waals surface area contributed by atoms with E-state index in [1.807, 2.05) is 26.0 Å². The number of carbonyl (C=O) groups is 1. The standard InChI is InChI=1S/C17H14ClN3O4/c1-9-5-10(2)17-12(6-9)14(20-25-17)8-16(22)19-13-4-3-11(18)7-15(13)21(23)24/h3-7H,8H2,1-2H3,(H,19,22). The van der Waals surface area contributed by atoms with E-state index in [9.17, 15) is 14.9 Å². The number of aromatic nitrogens is 1. The predicted octanol–water partition coefficient (Wildman–Crippen LogP) is 4.19. The van der Waals surface area contributed by atoms with Crippen molar-refractivity contribution in [3.63, 3.8) is 0 Å². The fourth-order valence-corrected chi connectivity index (χ4v) is 2.84. The maximum Gasteiger partial charge on any atom is 0.294 e. The van der Waals surface area contributed by atoms with Crippen molar-refractivity contribution in [1.82, 2.24) is 5.16 Å². The van der Waals surface area contributed by atoms with E-state index in [0.29, 0.717) is 11.3 Å². The first-order valence-corrected chi connectivity index (χ1v) is 7.82. The Kier molecular flexibility index (Phi) is 4.41. The largest absolute Gasteiger partial charge is 0.356 e. The summed E-state index contributed by atoms with van der Waals surface area (Å²) >= 11 is 5.77. The number of rotatable bonds is 4. The first-order chi connectivity index (χ1) is 11.8. The van der Waals surface area contributed by atoms with Crippen LogP contribution in [0.1, 0.15) is 16.8 Å². The number of carbonyl (C=O) groups excluding carboxylic acids is 1. The van der Waals surface area contributed by atoms with Gasteiger partial charge in [0.25, 0.3) is 5.69 Å². The molecule has 0 aliphatic rings. The molecular weight excluding hydrogens is 346 g/mol. The van der Waals surface area contributed by atoms with Crippen molar-refractivity contribution in [2.24, 2.45) is 0 Å². The van der Waals surface area contributed by atoms with Crippen LogP contribution < -0.4 is 5.32 Å². The summed E-state index contributed by atoms with van der Waals surface area (Å²) in [4.78, 5) is 22.8. The van der Waals surface area contributed by atoms with Crippen LogP contribution in [0.2, 0.25) is 5.02 Å². The van der Waals surface area contributed by atoms with Gasteiger partial charge in [-0.2, -0.15) is 0 Å². The van der Waals surface area contributed by atoms with Crippen LogP contribution in [0.3, 0.4) is 0 Å². The van der Waals surface area contributed by atoms with Crippen molar-refractivity contribution in [2.45, 2.75) is 20.3 Å². The average Bonchev–Trinajstić information content (AvgIpc) is 2.92. The summed E-state index contributed by atoms with van der Waals surface area (Å²) in [6.45, 7) is 3.85.